The summed E-state index contributed by atoms with van der Waals surface area (Å²) in [7, 11) is 0. The molecule has 0 heterocycles. The van der Waals surface area contributed by atoms with Gasteiger partial charge >= 0.3 is 0 Å². The zero-order chi connectivity index (χ0) is 12.0. The Balaban J connectivity index is 2.85. The van der Waals surface area contributed by atoms with E-state index < -0.39 is 0 Å². The van der Waals surface area contributed by atoms with Crippen molar-refractivity contribution in [1.29, 1.82) is 0 Å². The molecule has 1 aromatic rings. The first kappa shape index (κ1) is 12.9. The van der Waals surface area contributed by atoms with Gasteiger partial charge in [0.25, 0.3) is 0 Å². The van der Waals surface area contributed by atoms with Crippen LogP contribution in [0, 0.1) is 5.82 Å². The zero-order valence-electron chi connectivity index (χ0n) is 10.0. The van der Waals surface area contributed by atoms with Gasteiger partial charge in [-0.3, -0.25) is 4.79 Å². The average Bonchev–Trinajstić information content (AvgIpc) is 2.29. The maximum atomic E-state index is 13.6. The van der Waals surface area contributed by atoms with Gasteiger partial charge < -0.3 is 0 Å². The predicted molar refractivity (Wildman–Crippen MR) is 64.0 cm³/mol. The topological polar surface area (TPSA) is 17.1 Å². The minimum Gasteiger partial charge on any atom is -0.300 e. The molecule has 0 saturated carbocycles. The highest BCUT2D eigenvalue weighted by molar-refractivity contribution is 5.78. The Hall–Kier alpha value is -1.18. The molecule has 0 N–H and O–H groups in total. The summed E-state index contributed by atoms with van der Waals surface area (Å²) >= 11 is 0. The SMILES string of the molecule is CCCC(CC(=O)CC)c1ccccc1F. The standard InChI is InChI=1S/C14H19FO/c1-3-7-11(10-12(16)4-2)13-8-5-6-9-14(13)15/h5-6,8-9,11H,3-4,7,10H2,1-2H3. The highest BCUT2D eigenvalue weighted by Gasteiger charge is 2.17. The largest absolute Gasteiger partial charge is 0.300 e. The normalized spacial score (nSPS) is 12.4. The lowest BCUT2D eigenvalue weighted by atomic mass is 9.89. The molecule has 0 bridgehead atoms. The van der Waals surface area contributed by atoms with Crippen molar-refractivity contribution in [2.24, 2.45) is 0 Å². The lowest BCUT2D eigenvalue weighted by Gasteiger charge is -2.16. The average molecular weight is 222 g/mol. The fourth-order valence-corrected chi connectivity index (χ4v) is 1.94. The smallest absolute Gasteiger partial charge is 0.133 e. The van der Waals surface area contributed by atoms with E-state index in [1.807, 2.05) is 13.0 Å². The van der Waals surface area contributed by atoms with Gasteiger partial charge in [-0.05, 0) is 24.0 Å². The summed E-state index contributed by atoms with van der Waals surface area (Å²) in [6, 6.07) is 6.77. The van der Waals surface area contributed by atoms with Gasteiger partial charge in [0.1, 0.15) is 11.6 Å². The molecule has 16 heavy (non-hydrogen) atoms. The number of carbonyl (C=O) groups excluding carboxylic acids is 1. The van der Waals surface area contributed by atoms with E-state index in [2.05, 4.69) is 6.92 Å². The first-order valence-corrected chi connectivity index (χ1v) is 5.95. The number of benzene rings is 1. The zero-order valence-corrected chi connectivity index (χ0v) is 10.0. The van der Waals surface area contributed by atoms with Gasteiger partial charge in [-0.1, -0.05) is 38.5 Å². The molecule has 1 nitrogen and oxygen atoms in total. The van der Waals surface area contributed by atoms with Crippen LogP contribution in [0.3, 0.4) is 0 Å². The molecule has 0 aliphatic heterocycles. The first-order valence-electron chi connectivity index (χ1n) is 5.95. The highest BCUT2D eigenvalue weighted by Crippen LogP contribution is 2.27. The lowest BCUT2D eigenvalue weighted by Crippen LogP contribution is -2.08. The molecule has 0 aliphatic carbocycles. The monoisotopic (exact) mass is 222 g/mol. The fourth-order valence-electron chi connectivity index (χ4n) is 1.94. The molecule has 2 heteroatoms. The van der Waals surface area contributed by atoms with Gasteiger partial charge in [0.05, 0.1) is 0 Å². The second kappa shape index (κ2) is 6.41. The number of rotatable bonds is 6. The Bertz CT molecular complexity index is 346. The van der Waals surface area contributed by atoms with Gasteiger partial charge in [-0.15, -0.1) is 0 Å². The van der Waals surface area contributed by atoms with Crippen molar-refractivity contribution in [3.63, 3.8) is 0 Å². The van der Waals surface area contributed by atoms with Crippen LogP contribution in [-0.4, -0.2) is 5.78 Å². The van der Waals surface area contributed by atoms with Gasteiger partial charge in [0.15, 0.2) is 0 Å². The molecule has 1 unspecified atom stereocenters. The van der Waals surface area contributed by atoms with Crippen LogP contribution < -0.4 is 0 Å². The van der Waals surface area contributed by atoms with Crippen molar-refractivity contribution in [2.75, 3.05) is 0 Å². The van der Waals surface area contributed by atoms with Crippen molar-refractivity contribution >= 4 is 5.78 Å². The van der Waals surface area contributed by atoms with E-state index in [0.717, 1.165) is 12.8 Å². The Labute approximate surface area is 96.7 Å². The molecular formula is C14H19FO. The molecule has 88 valence electrons. The fraction of sp³-hybridized carbons (Fsp3) is 0.500. The van der Waals surface area contributed by atoms with Crippen LogP contribution in [0.25, 0.3) is 0 Å². The van der Waals surface area contributed by atoms with Crippen molar-refractivity contribution < 1.29 is 9.18 Å². The van der Waals surface area contributed by atoms with Crippen LogP contribution in [0.15, 0.2) is 24.3 Å². The molecule has 0 aromatic heterocycles. The minimum absolute atomic E-state index is 0.0404. The molecule has 0 saturated heterocycles. The summed E-state index contributed by atoms with van der Waals surface area (Å²) in [4.78, 5) is 11.5. The second-order valence-corrected chi connectivity index (χ2v) is 4.10. The molecule has 0 aliphatic rings. The third-order valence-corrected chi connectivity index (χ3v) is 2.85. The van der Waals surface area contributed by atoms with E-state index in [1.54, 1.807) is 12.1 Å². The number of hydrogen-bond donors (Lipinski definition) is 0. The Morgan fingerprint density at radius 2 is 2.00 bits per heavy atom. The van der Waals surface area contributed by atoms with E-state index in [4.69, 9.17) is 0 Å². The molecule has 0 fully saturated rings. The Morgan fingerprint density at radius 1 is 1.31 bits per heavy atom. The van der Waals surface area contributed by atoms with Crippen molar-refractivity contribution in [2.45, 2.75) is 45.4 Å². The number of ketones is 1. The number of hydrogen-bond acceptors (Lipinski definition) is 1. The molecule has 0 radical (unpaired) electrons. The lowest BCUT2D eigenvalue weighted by molar-refractivity contribution is -0.119. The molecular weight excluding hydrogens is 203 g/mol. The molecule has 1 aromatic carbocycles. The van der Waals surface area contributed by atoms with E-state index in [9.17, 15) is 9.18 Å². The summed E-state index contributed by atoms with van der Waals surface area (Å²) in [6.45, 7) is 3.91. The number of carbonyl (C=O) groups is 1. The van der Waals surface area contributed by atoms with Crippen LogP contribution in [-0.2, 0) is 4.79 Å². The summed E-state index contributed by atoms with van der Waals surface area (Å²) in [6.07, 6.45) is 2.84. The van der Waals surface area contributed by atoms with Crippen LogP contribution in [0.5, 0.6) is 0 Å². The summed E-state index contributed by atoms with van der Waals surface area (Å²) < 4.78 is 13.6. The van der Waals surface area contributed by atoms with Gasteiger partial charge in [0.2, 0.25) is 0 Å². The quantitative estimate of drug-likeness (QED) is 0.708. The second-order valence-electron chi connectivity index (χ2n) is 4.10. The van der Waals surface area contributed by atoms with E-state index >= 15 is 0 Å². The molecule has 1 atom stereocenters. The van der Waals surface area contributed by atoms with Crippen LogP contribution in [0.1, 0.15) is 51.0 Å². The van der Waals surface area contributed by atoms with Crippen LogP contribution in [0.2, 0.25) is 0 Å². The number of Topliss-reactive ketones (excluding diaryl/α,β-unsaturated/α-hetero) is 1. The minimum atomic E-state index is -0.190. The molecule has 1 rings (SSSR count). The van der Waals surface area contributed by atoms with Gasteiger partial charge in [-0.2, -0.15) is 0 Å². The maximum Gasteiger partial charge on any atom is 0.133 e. The summed E-state index contributed by atoms with van der Waals surface area (Å²) in [5.41, 5.74) is 0.686. The maximum absolute atomic E-state index is 13.6. The number of halogens is 1. The first-order chi connectivity index (χ1) is 7.69. The molecule has 0 amide bonds. The highest BCUT2D eigenvalue weighted by atomic mass is 19.1. The van der Waals surface area contributed by atoms with E-state index in [1.165, 1.54) is 6.07 Å². The predicted octanol–water partition coefficient (Wildman–Crippen LogP) is 4.08. The van der Waals surface area contributed by atoms with Crippen molar-refractivity contribution in [3.05, 3.63) is 35.6 Å². The van der Waals surface area contributed by atoms with E-state index in [-0.39, 0.29) is 17.5 Å². The van der Waals surface area contributed by atoms with Crippen molar-refractivity contribution in [3.8, 4) is 0 Å². The van der Waals surface area contributed by atoms with Gasteiger partial charge in [-0.25, -0.2) is 4.39 Å². The Morgan fingerprint density at radius 3 is 2.56 bits per heavy atom. The Kier molecular flexibility index (Phi) is 5.17. The van der Waals surface area contributed by atoms with E-state index in [0.29, 0.717) is 18.4 Å². The van der Waals surface area contributed by atoms with Gasteiger partial charge in [0, 0.05) is 12.8 Å². The third kappa shape index (κ3) is 3.44. The molecule has 0 spiro atoms. The summed E-state index contributed by atoms with van der Waals surface area (Å²) in [5.74, 6) is 0.0604. The van der Waals surface area contributed by atoms with Crippen molar-refractivity contribution in [1.82, 2.24) is 0 Å². The summed E-state index contributed by atoms with van der Waals surface area (Å²) in [5, 5.41) is 0. The van der Waals surface area contributed by atoms with Crippen LogP contribution in [0.4, 0.5) is 4.39 Å². The van der Waals surface area contributed by atoms with Crippen LogP contribution >= 0.6 is 0 Å². The third-order valence-electron chi connectivity index (χ3n) is 2.85.